The molecule has 2 rings (SSSR count). The first-order valence-corrected chi connectivity index (χ1v) is 5.21. The number of carbonyl (C=O) groups is 1. The van der Waals surface area contributed by atoms with Crippen LogP contribution in [-0.2, 0) is 6.54 Å². The van der Waals surface area contributed by atoms with Crippen molar-refractivity contribution < 1.29 is 4.79 Å². The Labute approximate surface area is 102 Å². The smallest absolute Gasteiger partial charge is 0.277 e. The predicted octanol–water partition coefficient (Wildman–Crippen LogP) is -0.124. The number of rotatable bonds is 3. The zero-order valence-corrected chi connectivity index (χ0v) is 9.38. The van der Waals surface area contributed by atoms with E-state index in [0.29, 0.717) is 12.4 Å². The van der Waals surface area contributed by atoms with E-state index in [-0.39, 0.29) is 11.3 Å². The van der Waals surface area contributed by atoms with Crippen LogP contribution in [0.1, 0.15) is 16.1 Å². The lowest BCUT2D eigenvalue weighted by Crippen LogP contribution is -2.18. The molecule has 2 aromatic rings. The number of aromatic nitrogens is 3. The van der Waals surface area contributed by atoms with Crippen LogP contribution in [0.3, 0.4) is 0 Å². The Balaban J connectivity index is 2.10. The Morgan fingerprint density at radius 3 is 2.72 bits per heavy atom. The third kappa shape index (κ3) is 2.77. The summed E-state index contributed by atoms with van der Waals surface area (Å²) in [5.41, 5.74) is 6.05. The predicted molar refractivity (Wildman–Crippen MR) is 64.9 cm³/mol. The molecule has 0 spiro atoms. The standard InChI is InChI=1S/C11H11N5O2/c12-5-7-1-3-9(13-6-7)14-11(18)8-2-4-10(17)16-15-8/h1-4,6H,5,12H2,(H,16,17)(H,13,14,18). The van der Waals surface area contributed by atoms with Gasteiger partial charge in [-0.3, -0.25) is 9.59 Å². The fourth-order valence-corrected chi connectivity index (χ4v) is 1.27. The molecular formula is C11H11N5O2. The molecule has 0 saturated heterocycles. The molecule has 2 aromatic heterocycles. The molecule has 0 atom stereocenters. The summed E-state index contributed by atoms with van der Waals surface area (Å²) in [4.78, 5) is 26.5. The van der Waals surface area contributed by atoms with E-state index < -0.39 is 5.91 Å². The maximum atomic E-state index is 11.7. The molecule has 1 amide bonds. The second-order valence-electron chi connectivity index (χ2n) is 3.52. The van der Waals surface area contributed by atoms with Crippen LogP contribution in [-0.4, -0.2) is 21.1 Å². The van der Waals surface area contributed by atoms with Crippen molar-refractivity contribution in [3.8, 4) is 0 Å². The quantitative estimate of drug-likeness (QED) is 0.697. The number of nitrogens with two attached hydrogens (primary N) is 1. The van der Waals surface area contributed by atoms with Gasteiger partial charge >= 0.3 is 0 Å². The highest BCUT2D eigenvalue weighted by Crippen LogP contribution is 2.05. The maximum Gasteiger partial charge on any atom is 0.277 e. The molecule has 0 bridgehead atoms. The average molecular weight is 245 g/mol. The molecule has 18 heavy (non-hydrogen) atoms. The van der Waals surface area contributed by atoms with E-state index >= 15 is 0 Å². The van der Waals surface area contributed by atoms with Crippen molar-refractivity contribution in [2.24, 2.45) is 5.73 Å². The molecule has 0 radical (unpaired) electrons. The number of anilines is 1. The summed E-state index contributed by atoms with van der Waals surface area (Å²) in [6.07, 6.45) is 1.58. The van der Waals surface area contributed by atoms with E-state index in [1.807, 2.05) is 0 Å². The Morgan fingerprint density at radius 2 is 2.17 bits per heavy atom. The Bertz CT molecular complexity index is 585. The lowest BCUT2D eigenvalue weighted by Gasteiger charge is -2.03. The van der Waals surface area contributed by atoms with Crippen molar-refractivity contribution in [3.63, 3.8) is 0 Å². The van der Waals surface area contributed by atoms with Gasteiger partial charge in [0.05, 0.1) is 0 Å². The molecule has 7 nitrogen and oxygen atoms in total. The minimum absolute atomic E-state index is 0.110. The first-order valence-electron chi connectivity index (χ1n) is 5.21. The number of hydrogen-bond acceptors (Lipinski definition) is 5. The summed E-state index contributed by atoms with van der Waals surface area (Å²) in [5.74, 6) is -0.0514. The lowest BCUT2D eigenvalue weighted by molar-refractivity contribution is 0.102. The van der Waals surface area contributed by atoms with Crippen LogP contribution in [0.2, 0.25) is 0 Å². The number of carbonyl (C=O) groups excluding carboxylic acids is 1. The molecule has 0 saturated carbocycles. The fraction of sp³-hybridized carbons (Fsp3) is 0.0909. The maximum absolute atomic E-state index is 11.7. The highest BCUT2D eigenvalue weighted by molar-refractivity contribution is 6.02. The van der Waals surface area contributed by atoms with Crippen LogP contribution in [0.25, 0.3) is 0 Å². The van der Waals surface area contributed by atoms with Crippen molar-refractivity contribution >= 4 is 11.7 Å². The number of pyridine rings is 1. The van der Waals surface area contributed by atoms with Gasteiger partial charge in [-0.25, -0.2) is 10.1 Å². The molecule has 0 aliphatic rings. The fourth-order valence-electron chi connectivity index (χ4n) is 1.27. The SMILES string of the molecule is NCc1ccc(NC(=O)c2ccc(=O)[nH]n2)nc1. The van der Waals surface area contributed by atoms with Gasteiger partial charge in [-0.05, 0) is 17.7 Å². The number of nitrogens with one attached hydrogen (secondary N) is 2. The van der Waals surface area contributed by atoms with E-state index in [1.54, 1.807) is 18.3 Å². The Hall–Kier alpha value is -2.54. The van der Waals surface area contributed by atoms with Gasteiger partial charge in [0.1, 0.15) is 11.5 Å². The van der Waals surface area contributed by atoms with Gasteiger partial charge in [0.2, 0.25) is 0 Å². The third-order valence-electron chi connectivity index (χ3n) is 2.21. The number of H-pyrrole nitrogens is 1. The van der Waals surface area contributed by atoms with Gasteiger partial charge < -0.3 is 11.1 Å². The summed E-state index contributed by atoms with van der Waals surface area (Å²) in [6.45, 7) is 0.392. The van der Waals surface area contributed by atoms with E-state index in [1.165, 1.54) is 12.1 Å². The highest BCUT2D eigenvalue weighted by Gasteiger charge is 2.08. The van der Waals surface area contributed by atoms with Crippen molar-refractivity contribution in [1.82, 2.24) is 15.2 Å². The molecule has 7 heteroatoms. The second kappa shape index (κ2) is 5.19. The number of amides is 1. The zero-order valence-electron chi connectivity index (χ0n) is 9.38. The zero-order chi connectivity index (χ0) is 13.0. The van der Waals surface area contributed by atoms with Crippen LogP contribution in [0.4, 0.5) is 5.82 Å². The highest BCUT2D eigenvalue weighted by atomic mass is 16.2. The van der Waals surface area contributed by atoms with Crippen molar-refractivity contribution in [1.29, 1.82) is 0 Å². The molecule has 2 heterocycles. The van der Waals surface area contributed by atoms with Gasteiger partial charge in [0.15, 0.2) is 0 Å². The summed E-state index contributed by atoms with van der Waals surface area (Å²) in [7, 11) is 0. The minimum atomic E-state index is -0.445. The van der Waals surface area contributed by atoms with Gasteiger partial charge in [0.25, 0.3) is 11.5 Å². The third-order valence-corrected chi connectivity index (χ3v) is 2.21. The van der Waals surface area contributed by atoms with Crippen LogP contribution in [0, 0.1) is 0 Å². The molecule has 92 valence electrons. The van der Waals surface area contributed by atoms with E-state index in [0.717, 1.165) is 5.56 Å². The lowest BCUT2D eigenvalue weighted by atomic mass is 10.3. The molecule has 0 aromatic carbocycles. The molecular weight excluding hydrogens is 234 g/mol. The normalized spacial score (nSPS) is 10.1. The van der Waals surface area contributed by atoms with Crippen molar-refractivity contribution in [2.45, 2.75) is 6.54 Å². The topological polar surface area (TPSA) is 114 Å². The van der Waals surface area contributed by atoms with Crippen molar-refractivity contribution in [2.75, 3.05) is 5.32 Å². The summed E-state index contributed by atoms with van der Waals surface area (Å²) in [6, 6.07) is 5.98. The second-order valence-corrected chi connectivity index (χ2v) is 3.52. The number of hydrogen-bond donors (Lipinski definition) is 3. The Morgan fingerprint density at radius 1 is 1.33 bits per heavy atom. The van der Waals surface area contributed by atoms with Gasteiger partial charge in [-0.2, -0.15) is 5.10 Å². The summed E-state index contributed by atoms with van der Waals surface area (Å²) < 4.78 is 0. The van der Waals surface area contributed by atoms with Crippen LogP contribution in [0.15, 0.2) is 35.3 Å². The molecule has 4 N–H and O–H groups in total. The largest absolute Gasteiger partial charge is 0.326 e. The molecule has 0 aliphatic heterocycles. The van der Waals surface area contributed by atoms with Gasteiger partial charge in [-0.1, -0.05) is 6.07 Å². The number of aromatic amines is 1. The number of nitrogens with zero attached hydrogens (tertiary/aromatic N) is 2. The van der Waals surface area contributed by atoms with Crippen molar-refractivity contribution in [3.05, 3.63) is 52.1 Å². The summed E-state index contributed by atoms with van der Waals surface area (Å²) >= 11 is 0. The van der Waals surface area contributed by atoms with Crippen LogP contribution >= 0.6 is 0 Å². The molecule has 0 fully saturated rings. The van der Waals surface area contributed by atoms with Gasteiger partial charge in [0, 0.05) is 18.8 Å². The van der Waals surface area contributed by atoms with Gasteiger partial charge in [-0.15, -0.1) is 0 Å². The molecule has 0 aliphatic carbocycles. The van der Waals surface area contributed by atoms with E-state index in [4.69, 9.17) is 5.73 Å². The minimum Gasteiger partial charge on any atom is -0.326 e. The summed E-state index contributed by atoms with van der Waals surface area (Å²) in [5, 5.41) is 8.35. The van der Waals surface area contributed by atoms with E-state index in [9.17, 15) is 9.59 Å². The van der Waals surface area contributed by atoms with Crippen LogP contribution in [0.5, 0.6) is 0 Å². The molecule has 0 unspecified atom stereocenters. The first-order chi connectivity index (χ1) is 8.69. The Kier molecular flexibility index (Phi) is 3.44. The average Bonchev–Trinajstić information content (AvgIpc) is 2.40. The first kappa shape index (κ1) is 11.9. The monoisotopic (exact) mass is 245 g/mol. The van der Waals surface area contributed by atoms with Crippen LogP contribution < -0.4 is 16.6 Å². The van der Waals surface area contributed by atoms with E-state index in [2.05, 4.69) is 20.5 Å².